The summed E-state index contributed by atoms with van der Waals surface area (Å²) in [5, 5.41) is 8.68. The van der Waals surface area contributed by atoms with Crippen LogP contribution in [0.2, 0.25) is 0 Å². The van der Waals surface area contributed by atoms with Crippen molar-refractivity contribution in [3.8, 4) is 11.3 Å². The molecule has 0 atom stereocenters. The second-order valence-corrected chi connectivity index (χ2v) is 13.4. The Morgan fingerprint density at radius 3 is 2.69 bits per heavy atom. The Labute approximate surface area is 288 Å². The largest absolute Gasteiger partial charge is 0.351 e. The monoisotopic (exact) mass is 655 g/mol. The molecule has 7 rings (SSSR count). The number of nitrogens with zero attached hydrogens (tertiary/aromatic N) is 6. The second-order valence-electron chi connectivity index (χ2n) is 13.4. The van der Waals surface area contributed by atoms with Crippen LogP contribution < -0.4 is 16.4 Å². The van der Waals surface area contributed by atoms with Crippen molar-refractivity contribution >= 4 is 34.3 Å². The van der Waals surface area contributed by atoms with Crippen LogP contribution in [-0.2, 0) is 11.3 Å². The molecular weight excluding hydrogens is 610 g/mol. The number of benzene rings is 2. The summed E-state index contributed by atoms with van der Waals surface area (Å²) >= 11 is 0. The molecule has 10 heteroatoms. The van der Waals surface area contributed by atoms with E-state index in [1.165, 1.54) is 12.8 Å². The van der Waals surface area contributed by atoms with Gasteiger partial charge in [-0.3, -0.25) is 19.6 Å². The van der Waals surface area contributed by atoms with Gasteiger partial charge in [0.15, 0.2) is 0 Å². The number of hydrogen-bond acceptors (Lipinski definition) is 9. The van der Waals surface area contributed by atoms with E-state index in [4.69, 9.17) is 20.7 Å². The zero-order chi connectivity index (χ0) is 33.7. The fourth-order valence-electron chi connectivity index (χ4n) is 6.81. The third kappa shape index (κ3) is 7.37. The summed E-state index contributed by atoms with van der Waals surface area (Å²) in [5.41, 5.74) is 14.4. The van der Waals surface area contributed by atoms with Gasteiger partial charge in [-0.25, -0.2) is 0 Å². The van der Waals surface area contributed by atoms with Crippen molar-refractivity contribution in [1.82, 2.24) is 25.0 Å². The van der Waals surface area contributed by atoms with Crippen LogP contribution in [0.4, 0.5) is 5.69 Å². The van der Waals surface area contributed by atoms with E-state index in [9.17, 15) is 4.79 Å². The average Bonchev–Trinajstić information content (AvgIpc) is 3.64. The number of likely N-dealkylation sites (tertiary alicyclic amines) is 2. The molecule has 1 aromatic heterocycles. The quantitative estimate of drug-likeness (QED) is 0.214. The minimum atomic E-state index is -0.121. The number of amides is 1. The first kappa shape index (κ1) is 32.5. The zero-order valence-corrected chi connectivity index (χ0v) is 28.4. The van der Waals surface area contributed by atoms with Gasteiger partial charge in [-0.05, 0) is 79.9 Å². The predicted molar refractivity (Wildman–Crippen MR) is 197 cm³/mol. The summed E-state index contributed by atoms with van der Waals surface area (Å²) < 4.78 is 0. The summed E-state index contributed by atoms with van der Waals surface area (Å²) in [7, 11) is 0. The predicted octanol–water partition coefficient (Wildman–Crippen LogP) is 5.58. The summed E-state index contributed by atoms with van der Waals surface area (Å²) in [4.78, 5) is 34.2. The fraction of sp³-hybridized carbons (Fsp3) is 0.359. The summed E-state index contributed by atoms with van der Waals surface area (Å²) in [5.74, 6) is 2.47. The lowest BCUT2D eigenvalue weighted by Crippen LogP contribution is -2.47. The highest BCUT2D eigenvalue weighted by molar-refractivity contribution is 6.03. The first-order valence-corrected chi connectivity index (χ1v) is 17.5. The smallest absolute Gasteiger partial charge is 0.248 e. The van der Waals surface area contributed by atoms with E-state index >= 15 is 0 Å². The molecular formula is C39H45N9O. The Bertz CT molecular complexity index is 1900. The van der Waals surface area contributed by atoms with Crippen LogP contribution in [0.15, 0.2) is 106 Å². The van der Waals surface area contributed by atoms with Crippen molar-refractivity contribution in [2.24, 2.45) is 21.6 Å². The van der Waals surface area contributed by atoms with Crippen LogP contribution in [0.5, 0.6) is 0 Å². The molecule has 0 saturated carbocycles. The lowest BCUT2D eigenvalue weighted by molar-refractivity contribution is -0.111. The van der Waals surface area contributed by atoms with Crippen LogP contribution in [0.1, 0.15) is 45.1 Å². The fourth-order valence-corrected chi connectivity index (χ4v) is 6.81. The minimum Gasteiger partial charge on any atom is -0.351 e. The standard InChI is InChI=1S/C39H45N9O/c1-27(2)32-11-7-22-48-37(32)44-39(47-23-16-30(40)17-24-47)45-38(48)42-26-29-9-3-4-10-33(29)36-34-14-13-31(25-28(34)15-18-41-36)43-35(49)12-8-21-46-19-5-6-20-46/h3-4,8-15,18,22,25,27,30H,5-6,16-17,19-21,23-24,26,40H2,1-2H3,(H,43,49)(H,42,44,45)/b12-8+. The van der Waals surface area contributed by atoms with Gasteiger partial charge in [-0.2, -0.15) is 9.98 Å². The Morgan fingerprint density at radius 2 is 1.88 bits per heavy atom. The van der Waals surface area contributed by atoms with E-state index in [2.05, 4.69) is 58.2 Å². The van der Waals surface area contributed by atoms with Gasteiger partial charge in [0.05, 0.1) is 11.9 Å². The highest BCUT2D eigenvalue weighted by Crippen LogP contribution is 2.32. The summed E-state index contributed by atoms with van der Waals surface area (Å²) in [6, 6.07) is 16.5. The summed E-state index contributed by atoms with van der Waals surface area (Å²) in [6.45, 7) is 9.58. The van der Waals surface area contributed by atoms with Crippen LogP contribution in [0.3, 0.4) is 0 Å². The van der Waals surface area contributed by atoms with Gasteiger partial charge in [0, 0.05) is 66.7 Å². The molecule has 2 saturated heterocycles. The van der Waals surface area contributed by atoms with E-state index in [0.29, 0.717) is 12.5 Å². The number of aliphatic imine (C=N–C) groups is 2. The Hall–Kier alpha value is -5.02. The number of nitrogens with one attached hydrogen (secondary N) is 2. The molecule has 0 aliphatic carbocycles. The average molecular weight is 656 g/mol. The van der Waals surface area contributed by atoms with E-state index in [1.54, 1.807) is 6.08 Å². The number of pyridine rings is 1. The lowest BCUT2D eigenvalue weighted by Gasteiger charge is -2.35. The third-order valence-corrected chi connectivity index (χ3v) is 9.59. The molecule has 4 N–H and O–H groups in total. The molecule has 10 nitrogen and oxygen atoms in total. The molecule has 4 aliphatic rings. The molecule has 0 radical (unpaired) electrons. The van der Waals surface area contributed by atoms with E-state index < -0.39 is 0 Å². The Kier molecular flexibility index (Phi) is 9.70. The zero-order valence-electron chi connectivity index (χ0n) is 28.4. The van der Waals surface area contributed by atoms with E-state index in [0.717, 1.165) is 96.2 Å². The van der Waals surface area contributed by atoms with Crippen molar-refractivity contribution in [3.63, 3.8) is 0 Å². The normalized spacial score (nSPS) is 18.4. The molecule has 0 spiro atoms. The highest BCUT2D eigenvalue weighted by atomic mass is 16.1. The van der Waals surface area contributed by atoms with Gasteiger partial charge < -0.3 is 21.3 Å². The van der Waals surface area contributed by atoms with Gasteiger partial charge >= 0.3 is 0 Å². The number of hydrogen-bond donors (Lipinski definition) is 3. The first-order chi connectivity index (χ1) is 23.9. The SMILES string of the molecule is CC(C)C1=C2N=C(N3CCC(N)CC3)N=C(NCc3ccccc3-c3nccc4cc(NC(=O)/C=C/CN5CCCC5)ccc34)N2C=C=C1. The van der Waals surface area contributed by atoms with Crippen LogP contribution in [0, 0.1) is 5.92 Å². The van der Waals surface area contributed by atoms with Crippen molar-refractivity contribution in [2.45, 2.75) is 52.1 Å². The maximum Gasteiger partial charge on any atom is 0.248 e. The number of anilines is 1. The van der Waals surface area contributed by atoms with Crippen molar-refractivity contribution in [2.75, 3.05) is 38.0 Å². The molecule has 2 aromatic carbocycles. The number of rotatable bonds is 8. The summed E-state index contributed by atoms with van der Waals surface area (Å²) in [6.07, 6.45) is 13.7. The van der Waals surface area contributed by atoms with Crippen molar-refractivity contribution in [3.05, 3.63) is 102 Å². The molecule has 252 valence electrons. The Balaban J connectivity index is 1.12. The van der Waals surface area contributed by atoms with Crippen molar-refractivity contribution in [1.29, 1.82) is 0 Å². The topological polar surface area (TPSA) is 114 Å². The number of piperidine rings is 1. The molecule has 4 aliphatic heterocycles. The van der Waals surface area contributed by atoms with Gasteiger partial charge in [-0.15, -0.1) is 5.73 Å². The number of nitrogens with two attached hydrogens (primary N) is 1. The highest BCUT2D eigenvalue weighted by Gasteiger charge is 2.29. The molecule has 5 heterocycles. The van der Waals surface area contributed by atoms with E-state index in [-0.39, 0.29) is 17.9 Å². The molecule has 0 unspecified atom stereocenters. The maximum atomic E-state index is 12.6. The first-order valence-electron chi connectivity index (χ1n) is 17.5. The minimum absolute atomic E-state index is 0.121. The van der Waals surface area contributed by atoms with Gasteiger partial charge in [0.2, 0.25) is 17.8 Å². The van der Waals surface area contributed by atoms with Crippen LogP contribution in [-0.4, -0.2) is 76.3 Å². The number of carbonyl (C=O) groups excluding carboxylic acids is 1. The lowest BCUT2D eigenvalue weighted by atomic mass is 9.99. The van der Waals surface area contributed by atoms with Crippen LogP contribution >= 0.6 is 0 Å². The second kappa shape index (κ2) is 14.6. The molecule has 3 aromatic rings. The molecule has 49 heavy (non-hydrogen) atoms. The van der Waals surface area contributed by atoms with Crippen molar-refractivity contribution < 1.29 is 4.79 Å². The maximum absolute atomic E-state index is 12.6. The van der Waals surface area contributed by atoms with Gasteiger partial charge in [0.1, 0.15) is 5.82 Å². The number of aromatic nitrogens is 1. The van der Waals surface area contributed by atoms with Gasteiger partial charge in [-0.1, -0.05) is 50.3 Å². The Morgan fingerprint density at radius 1 is 1.06 bits per heavy atom. The van der Waals surface area contributed by atoms with E-state index in [1.807, 2.05) is 59.8 Å². The van der Waals surface area contributed by atoms with Gasteiger partial charge in [0.25, 0.3) is 0 Å². The number of carbonyl (C=O) groups is 1. The number of guanidine groups is 2. The molecule has 0 bridgehead atoms. The third-order valence-electron chi connectivity index (χ3n) is 9.59. The number of allylic oxidation sites excluding steroid dienone is 2. The molecule has 2 fully saturated rings. The van der Waals surface area contributed by atoms with Crippen LogP contribution in [0.25, 0.3) is 22.0 Å². The molecule has 1 amide bonds. The number of fused-ring (bicyclic) bond motifs is 2.